The number of hydrogen-bond acceptors (Lipinski definition) is 6. The van der Waals surface area contributed by atoms with Crippen molar-refractivity contribution < 1.29 is 0 Å². The number of hydrogen-bond donors (Lipinski definition) is 2. The van der Waals surface area contributed by atoms with Gasteiger partial charge in [0.25, 0.3) is 0 Å². The van der Waals surface area contributed by atoms with Crippen LogP contribution in [0.15, 0.2) is 97.1 Å². The van der Waals surface area contributed by atoms with E-state index in [-0.39, 0.29) is 12.4 Å². The molecule has 11 heteroatoms. The second-order valence-corrected chi connectivity index (χ2v) is 9.79. The molecule has 0 fully saturated rings. The minimum Gasteiger partial charge on any atom is -0.324 e. The first-order valence-electron chi connectivity index (χ1n) is 13.4. The standard InChI is InChI=1S/C32H18N8.Al.2ClH.2H/c1-2-10-18-17(9-1)25-33-26(18)38-28-21-13-5-6-14-22(21)30(35-28)40-32-24-16-8-7-15-23(24)31(36-32)39-29-20-12-4-3-11-19(20)27(34-29)37-25;;;;;/h1-16H,(H2,33,34,35,36,37,38,39,40);;2*1H;;/q;+1;;;;/p-1. The average molecular weight is 615 g/mol. The lowest BCUT2D eigenvalue weighted by molar-refractivity contribution is 1.19. The highest BCUT2D eigenvalue weighted by Crippen LogP contribution is 2.36. The van der Waals surface area contributed by atoms with Gasteiger partial charge in [-0.3, -0.25) is 10.0 Å². The minimum absolute atomic E-state index is 0. The number of aromatic nitrogens is 8. The number of nitrogens with one attached hydrogen (secondary N) is 2. The van der Waals surface area contributed by atoms with E-state index in [0.717, 1.165) is 59.2 Å². The third kappa shape index (κ3) is 4.37. The molecule has 206 valence electrons. The first-order chi connectivity index (χ1) is 20.8. The van der Waals surface area contributed by atoms with E-state index in [0.29, 0.717) is 45.9 Å². The molecule has 43 heavy (non-hydrogen) atoms. The van der Waals surface area contributed by atoms with Gasteiger partial charge in [0.1, 0.15) is 22.6 Å². The van der Waals surface area contributed by atoms with Gasteiger partial charge in [0.2, 0.25) is 0 Å². The van der Waals surface area contributed by atoms with Gasteiger partial charge in [-0.2, -0.15) is 0 Å². The molecule has 5 heterocycles. The molecule has 0 radical (unpaired) electrons. The van der Waals surface area contributed by atoms with Gasteiger partial charge in [0.05, 0.1) is 0 Å². The van der Waals surface area contributed by atoms with Gasteiger partial charge in [-0.15, -0.1) is 12.4 Å². The molecule has 4 aromatic carbocycles. The lowest BCUT2D eigenvalue weighted by Gasteiger charge is -1.96. The number of halogens is 2. The molecule has 0 atom stereocenters. The van der Waals surface area contributed by atoms with Crippen LogP contribution in [-0.2, 0) is 0 Å². The largest absolute Gasteiger partial charge is 0.353 e. The summed E-state index contributed by atoms with van der Waals surface area (Å²) in [5.74, 6) is 2.39. The van der Waals surface area contributed by atoms with Gasteiger partial charge in [-0.05, 0) is 0 Å². The molecule has 8 bridgehead atoms. The molecule has 0 aliphatic carbocycles. The van der Waals surface area contributed by atoms with Crippen molar-refractivity contribution in [2.75, 3.05) is 0 Å². The zero-order valence-corrected chi connectivity index (χ0v) is 26.3. The van der Waals surface area contributed by atoms with Crippen LogP contribution in [0.5, 0.6) is 0 Å². The number of H-pyrrole nitrogens is 2. The summed E-state index contributed by atoms with van der Waals surface area (Å²) in [6.07, 6.45) is 0. The summed E-state index contributed by atoms with van der Waals surface area (Å²) in [6, 6.07) is 32.2. The molecule has 0 saturated carbocycles. The molecule has 7 aromatic rings. The molecule has 0 saturated heterocycles. The van der Waals surface area contributed by atoms with Gasteiger partial charge in [0.15, 0.2) is 23.3 Å². The van der Waals surface area contributed by atoms with Gasteiger partial charge in [0, 0.05) is 43.8 Å². The van der Waals surface area contributed by atoms with E-state index in [1.807, 2.05) is 97.1 Å². The molecule has 2 aliphatic rings. The lowest BCUT2D eigenvalue weighted by Crippen LogP contribution is -1.82. The van der Waals surface area contributed by atoms with Gasteiger partial charge in [-0.1, -0.05) is 97.1 Å². The number of benzene rings is 4. The summed E-state index contributed by atoms with van der Waals surface area (Å²) in [7, 11) is 4.78. The normalized spacial score (nSPS) is 11.3. The highest BCUT2D eigenvalue weighted by molar-refractivity contribution is 6.80. The molecule has 8 nitrogen and oxygen atoms in total. The van der Waals surface area contributed by atoms with Crippen LogP contribution in [0.25, 0.3) is 89.7 Å². The number of aromatic amines is 2. The first kappa shape index (κ1) is 27.2. The van der Waals surface area contributed by atoms with Crippen LogP contribution < -0.4 is 0 Å². The fraction of sp³-hybridized carbons (Fsp3) is 0. The first-order valence-corrected chi connectivity index (χ1v) is 16.4. The lowest BCUT2D eigenvalue weighted by atomic mass is 10.1. The summed E-state index contributed by atoms with van der Waals surface area (Å²) in [5, 5.41) is 3.82. The van der Waals surface area contributed by atoms with Gasteiger partial charge < -0.3 is 9.97 Å². The van der Waals surface area contributed by atoms with Crippen molar-refractivity contribution in [1.82, 2.24) is 39.9 Å². The SMILES string of the molecule is Cl.[AlH2][Cl].c1ccc2c(c1)-c1nc-2nc2[nH]c(nc3nc(nc4[nH]c(n1)c1ccccc41)-c1ccccc1-3)c1ccccc21. The number of fused-ring (bicyclic) bond motifs is 20. The summed E-state index contributed by atoms with van der Waals surface area (Å²) in [6.45, 7) is 0. The van der Waals surface area contributed by atoms with Crippen LogP contribution in [-0.4, -0.2) is 55.2 Å². The van der Waals surface area contributed by atoms with E-state index in [1.54, 1.807) is 0 Å². The summed E-state index contributed by atoms with van der Waals surface area (Å²) < 4.78 is 0. The van der Waals surface area contributed by atoms with Crippen LogP contribution in [0, 0.1) is 0 Å². The molecule has 0 spiro atoms. The van der Waals surface area contributed by atoms with Crippen molar-refractivity contribution >= 4 is 82.0 Å². The molecular weight excluding hydrogens is 594 g/mol. The fourth-order valence-electron chi connectivity index (χ4n) is 5.59. The Bertz CT molecular complexity index is 2050. The van der Waals surface area contributed by atoms with E-state index >= 15 is 0 Å². The maximum absolute atomic E-state index is 5.02. The quantitative estimate of drug-likeness (QED) is 0.177. The second kappa shape index (κ2) is 10.9. The monoisotopic (exact) mass is 614 g/mol. The zero-order valence-electron chi connectivity index (χ0n) is 22.7. The van der Waals surface area contributed by atoms with Crippen LogP contribution in [0.3, 0.4) is 0 Å². The van der Waals surface area contributed by atoms with Crippen molar-refractivity contribution in [3.8, 4) is 45.6 Å². The molecule has 2 aliphatic heterocycles. The Morgan fingerprint density at radius 3 is 0.860 bits per heavy atom. The van der Waals surface area contributed by atoms with E-state index in [9.17, 15) is 0 Å². The Morgan fingerprint density at radius 1 is 0.372 bits per heavy atom. The Morgan fingerprint density at radius 2 is 0.605 bits per heavy atom. The van der Waals surface area contributed by atoms with Crippen LogP contribution in [0.1, 0.15) is 0 Å². The molecular formula is C32H21AlCl2N8. The van der Waals surface area contributed by atoms with Gasteiger partial charge in [-0.25, -0.2) is 29.9 Å². The van der Waals surface area contributed by atoms with E-state index < -0.39 is 0 Å². The topological polar surface area (TPSA) is 109 Å². The summed E-state index contributed by atoms with van der Waals surface area (Å²) >= 11 is 0.778. The second-order valence-electron chi connectivity index (χ2n) is 9.79. The minimum atomic E-state index is 0. The molecule has 0 unspecified atom stereocenters. The highest BCUT2D eigenvalue weighted by Gasteiger charge is 2.21. The molecule has 2 N–H and O–H groups in total. The summed E-state index contributed by atoms with van der Waals surface area (Å²) in [4.78, 5) is 36.8. The van der Waals surface area contributed by atoms with E-state index in [2.05, 4.69) is 9.97 Å². The predicted octanol–water partition coefficient (Wildman–Crippen LogP) is 7.06. The van der Waals surface area contributed by atoms with Crippen molar-refractivity contribution in [3.05, 3.63) is 97.1 Å². The van der Waals surface area contributed by atoms with Crippen molar-refractivity contribution in [1.29, 1.82) is 0 Å². The van der Waals surface area contributed by atoms with Crippen molar-refractivity contribution in [2.24, 2.45) is 0 Å². The van der Waals surface area contributed by atoms with Crippen LogP contribution in [0.4, 0.5) is 0 Å². The highest BCUT2D eigenvalue weighted by atomic mass is 35.6. The Kier molecular flexibility index (Phi) is 6.88. The Balaban J connectivity index is 0.000000981. The number of nitrogens with zero attached hydrogens (tertiary/aromatic N) is 6. The van der Waals surface area contributed by atoms with Crippen molar-refractivity contribution in [2.45, 2.75) is 0 Å². The molecule has 9 rings (SSSR count). The molecule has 3 aromatic heterocycles. The predicted molar refractivity (Wildman–Crippen MR) is 178 cm³/mol. The van der Waals surface area contributed by atoms with Crippen molar-refractivity contribution in [3.63, 3.8) is 0 Å². The maximum atomic E-state index is 5.02. The van der Waals surface area contributed by atoms with E-state index in [4.69, 9.17) is 40.0 Å². The van der Waals surface area contributed by atoms with Crippen LogP contribution in [0.2, 0.25) is 0 Å². The fourth-order valence-corrected chi connectivity index (χ4v) is 5.59. The maximum Gasteiger partial charge on any atom is 0.353 e. The van der Waals surface area contributed by atoms with Crippen LogP contribution >= 0.6 is 22.5 Å². The summed E-state index contributed by atoms with van der Waals surface area (Å²) in [5.41, 5.74) is 6.45. The van der Waals surface area contributed by atoms with Gasteiger partial charge >= 0.3 is 15.4 Å². The third-order valence-electron chi connectivity index (χ3n) is 7.46. The number of rotatable bonds is 0. The Hall–Kier alpha value is -4.65. The third-order valence-corrected chi connectivity index (χ3v) is 7.46. The smallest absolute Gasteiger partial charge is 0.324 e. The van der Waals surface area contributed by atoms with E-state index in [1.165, 1.54) is 0 Å². The zero-order chi connectivity index (χ0) is 28.2. The average Bonchev–Trinajstić information content (AvgIpc) is 3.78. The Labute approximate surface area is 263 Å². The molecule has 0 amide bonds.